The molecule has 0 aliphatic carbocycles. The summed E-state index contributed by atoms with van der Waals surface area (Å²) in [6.07, 6.45) is 1.11. The molecule has 1 unspecified atom stereocenters. The van der Waals surface area contributed by atoms with Crippen molar-refractivity contribution in [2.45, 2.75) is 58.6 Å². The average molecular weight is 339 g/mol. The maximum absolute atomic E-state index is 12.9. The number of rotatable bonds is 1. The van der Waals surface area contributed by atoms with Crippen LogP contribution in [0.1, 0.15) is 47.5 Å². The Balaban J connectivity index is 2.05. The Kier molecular flexibility index (Phi) is 5.11. The van der Waals surface area contributed by atoms with Crippen molar-refractivity contribution in [2.24, 2.45) is 5.92 Å². The lowest BCUT2D eigenvalue weighted by atomic mass is 9.92. The van der Waals surface area contributed by atoms with Crippen LogP contribution >= 0.6 is 0 Å². The van der Waals surface area contributed by atoms with Crippen LogP contribution in [0.5, 0.6) is 0 Å². The van der Waals surface area contributed by atoms with Crippen molar-refractivity contribution in [1.82, 2.24) is 15.1 Å². The van der Waals surface area contributed by atoms with Gasteiger partial charge in [-0.25, -0.2) is 4.79 Å². The number of carbonyl (C=O) groups is 3. The first-order valence-electron chi connectivity index (χ1n) is 8.60. The summed E-state index contributed by atoms with van der Waals surface area (Å²) in [5.41, 5.74) is -1.41. The predicted octanol–water partition coefficient (Wildman–Crippen LogP) is 1.37. The lowest BCUT2D eigenvalue weighted by molar-refractivity contribution is -0.153. The first-order valence-corrected chi connectivity index (χ1v) is 8.60. The van der Waals surface area contributed by atoms with E-state index in [0.717, 1.165) is 12.8 Å². The Labute approximate surface area is 143 Å². The third kappa shape index (κ3) is 3.99. The van der Waals surface area contributed by atoms with E-state index < -0.39 is 11.1 Å². The molecule has 0 aromatic carbocycles. The summed E-state index contributed by atoms with van der Waals surface area (Å²) < 4.78 is 5.41. The summed E-state index contributed by atoms with van der Waals surface area (Å²) in [6.45, 7) is 10.9. The van der Waals surface area contributed by atoms with Gasteiger partial charge in [-0.1, -0.05) is 0 Å². The molecule has 0 radical (unpaired) electrons. The average Bonchev–Trinajstić information content (AvgIpc) is 2.48. The van der Waals surface area contributed by atoms with Gasteiger partial charge < -0.3 is 19.9 Å². The van der Waals surface area contributed by atoms with E-state index in [9.17, 15) is 14.4 Å². The number of likely N-dealkylation sites (tertiary alicyclic amines) is 1. The molecule has 0 aromatic heterocycles. The van der Waals surface area contributed by atoms with E-state index in [-0.39, 0.29) is 23.8 Å². The third-order valence-electron chi connectivity index (χ3n) is 4.54. The molecule has 0 spiro atoms. The number of nitrogens with one attached hydrogen (secondary N) is 1. The van der Waals surface area contributed by atoms with Gasteiger partial charge in [0.25, 0.3) is 0 Å². The van der Waals surface area contributed by atoms with Crippen LogP contribution in [0.25, 0.3) is 0 Å². The Bertz CT molecular complexity index is 524. The zero-order valence-corrected chi connectivity index (χ0v) is 15.3. The molecule has 0 aromatic rings. The van der Waals surface area contributed by atoms with Crippen LogP contribution in [-0.4, -0.2) is 65.0 Å². The van der Waals surface area contributed by atoms with Crippen molar-refractivity contribution in [3.8, 4) is 0 Å². The number of amides is 3. The summed E-state index contributed by atoms with van der Waals surface area (Å²) >= 11 is 0. The second kappa shape index (κ2) is 6.61. The molecule has 7 nitrogen and oxygen atoms in total. The maximum atomic E-state index is 12.9. The molecule has 0 saturated carbocycles. The molecule has 136 valence electrons. The molecule has 1 atom stereocenters. The van der Waals surface area contributed by atoms with Crippen molar-refractivity contribution < 1.29 is 19.1 Å². The van der Waals surface area contributed by atoms with Crippen molar-refractivity contribution >= 4 is 17.9 Å². The number of carbonyl (C=O) groups excluding carboxylic acids is 3. The quantitative estimate of drug-likeness (QED) is 0.782. The van der Waals surface area contributed by atoms with Crippen molar-refractivity contribution in [2.75, 3.05) is 26.2 Å². The molecular weight excluding hydrogens is 310 g/mol. The summed E-state index contributed by atoms with van der Waals surface area (Å²) in [6, 6.07) is 0. The maximum Gasteiger partial charge on any atom is 0.410 e. The van der Waals surface area contributed by atoms with E-state index in [1.165, 1.54) is 0 Å². The minimum Gasteiger partial charge on any atom is -0.444 e. The first-order chi connectivity index (χ1) is 11.0. The van der Waals surface area contributed by atoms with Crippen LogP contribution in [0, 0.1) is 5.92 Å². The van der Waals surface area contributed by atoms with Crippen molar-refractivity contribution in [1.29, 1.82) is 0 Å². The largest absolute Gasteiger partial charge is 0.444 e. The van der Waals surface area contributed by atoms with Crippen LogP contribution < -0.4 is 5.32 Å². The number of hydrogen-bond donors (Lipinski definition) is 1. The minimum absolute atomic E-state index is 0.0527. The van der Waals surface area contributed by atoms with E-state index in [1.54, 1.807) is 23.6 Å². The predicted molar refractivity (Wildman–Crippen MR) is 89.3 cm³/mol. The van der Waals surface area contributed by atoms with Gasteiger partial charge in [0.15, 0.2) is 0 Å². The van der Waals surface area contributed by atoms with Crippen molar-refractivity contribution in [3.05, 3.63) is 0 Å². The summed E-state index contributed by atoms with van der Waals surface area (Å²) in [4.78, 5) is 40.5. The highest BCUT2D eigenvalue weighted by Crippen LogP contribution is 2.26. The molecule has 3 amide bonds. The van der Waals surface area contributed by atoms with Gasteiger partial charge in [0.1, 0.15) is 11.1 Å². The fourth-order valence-electron chi connectivity index (χ4n) is 3.18. The highest BCUT2D eigenvalue weighted by atomic mass is 16.6. The Hall–Kier alpha value is -1.79. The number of nitrogens with zero attached hydrogens (tertiary/aromatic N) is 2. The zero-order valence-electron chi connectivity index (χ0n) is 15.3. The van der Waals surface area contributed by atoms with Gasteiger partial charge in [0.05, 0.1) is 5.92 Å². The second-order valence-electron chi connectivity index (χ2n) is 8.07. The molecule has 2 rings (SSSR count). The number of ether oxygens (including phenoxy) is 1. The van der Waals surface area contributed by atoms with E-state index in [4.69, 9.17) is 4.74 Å². The van der Waals surface area contributed by atoms with Gasteiger partial charge in [0, 0.05) is 26.2 Å². The third-order valence-corrected chi connectivity index (χ3v) is 4.54. The summed E-state index contributed by atoms with van der Waals surface area (Å²) in [5, 5.41) is 2.80. The van der Waals surface area contributed by atoms with E-state index >= 15 is 0 Å². The van der Waals surface area contributed by atoms with Gasteiger partial charge in [-0.3, -0.25) is 9.59 Å². The fourth-order valence-corrected chi connectivity index (χ4v) is 3.18. The molecule has 24 heavy (non-hydrogen) atoms. The topological polar surface area (TPSA) is 79.0 Å². The molecule has 1 N–H and O–H groups in total. The highest BCUT2D eigenvalue weighted by Gasteiger charge is 2.43. The normalized spacial score (nSPS) is 24.4. The molecular formula is C17H29N3O4. The zero-order chi connectivity index (χ0) is 18.1. The molecule has 2 aliphatic heterocycles. The fraction of sp³-hybridized carbons (Fsp3) is 0.824. The Morgan fingerprint density at radius 3 is 2.54 bits per heavy atom. The second-order valence-corrected chi connectivity index (χ2v) is 8.07. The van der Waals surface area contributed by atoms with Gasteiger partial charge >= 0.3 is 6.09 Å². The Morgan fingerprint density at radius 2 is 1.92 bits per heavy atom. The van der Waals surface area contributed by atoms with Gasteiger partial charge in [-0.2, -0.15) is 0 Å². The van der Waals surface area contributed by atoms with Crippen LogP contribution in [-0.2, 0) is 14.3 Å². The lowest BCUT2D eigenvalue weighted by Crippen LogP contribution is -2.65. The molecule has 2 aliphatic rings. The summed E-state index contributed by atoms with van der Waals surface area (Å²) in [7, 11) is 0. The standard InChI is InChI=1S/C17H29N3O4/c1-16(2,3)24-15(23)19-9-6-7-12(11-19)13(21)20-10-8-18-14(22)17(20,4)5/h12H,6-11H2,1-5H3,(H,18,22). The van der Waals surface area contributed by atoms with Crippen LogP contribution in [0.15, 0.2) is 0 Å². The van der Waals surface area contributed by atoms with E-state index in [1.807, 2.05) is 20.8 Å². The summed E-state index contributed by atoms with van der Waals surface area (Å²) in [5.74, 6) is -0.471. The first kappa shape index (κ1) is 18.5. The molecule has 2 heterocycles. The lowest BCUT2D eigenvalue weighted by Gasteiger charge is -2.44. The smallest absolute Gasteiger partial charge is 0.410 e. The highest BCUT2D eigenvalue weighted by molar-refractivity contribution is 5.92. The van der Waals surface area contributed by atoms with Gasteiger partial charge in [-0.15, -0.1) is 0 Å². The van der Waals surface area contributed by atoms with Crippen LogP contribution in [0.3, 0.4) is 0 Å². The molecule has 2 saturated heterocycles. The van der Waals surface area contributed by atoms with Crippen molar-refractivity contribution in [3.63, 3.8) is 0 Å². The number of piperazine rings is 1. The van der Waals surface area contributed by atoms with E-state index in [2.05, 4.69) is 5.32 Å². The van der Waals surface area contributed by atoms with Gasteiger partial charge in [-0.05, 0) is 47.5 Å². The number of piperidine rings is 1. The van der Waals surface area contributed by atoms with Crippen LogP contribution in [0.2, 0.25) is 0 Å². The number of hydrogen-bond acceptors (Lipinski definition) is 4. The monoisotopic (exact) mass is 339 g/mol. The Morgan fingerprint density at radius 1 is 1.25 bits per heavy atom. The molecule has 2 fully saturated rings. The molecule has 7 heteroatoms. The van der Waals surface area contributed by atoms with Gasteiger partial charge in [0.2, 0.25) is 11.8 Å². The van der Waals surface area contributed by atoms with E-state index in [0.29, 0.717) is 26.2 Å². The molecule has 0 bridgehead atoms. The van der Waals surface area contributed by atoms with Crippen LogP contribution in [0.4, 0.5) is 4.79 Å². The SMILES string of the molecule is CC(C)(C)OC(=O)N1CCCC(C(=O)N2CCNC(=O)C2(C)C)C1. The minimum atomic E-state index is -0.858.